The molecule has 198 valence electrons. The van der Waals surface area contributed by atoms with Gasteiger partial charge in [0.05, 0.1) is 12.3 Å². The van der Waals surface area contributed by atoms with Crippen LogP contribution >= 0.6 is 0 Å². The lowest BCUT2D eigenvalue weighted by Gasteiger charge is -2.36. The van der Waals surface area contributed by atoms with Crippen LogP contribution in [-0.2, 0) is 28.5 Å². The molecule has 1 N–H and O–H groups in total. The Labute approximate surface area is 213 Å². The van der Waals surface area contributed by atoms with Crippen molar-refractivity contribution in [1.82, 2.24) is 0 Å². The van der Waals surface area contributed by atoms with Gasteiger partial charge in [-0.25, -0.2) is 0 Å². The van der Waals surface area contributed by atoms with Gasteiger partial charge in [-0.2, -0.15) is 0 Å². The van der Waals surface area contributed by atoms with Gasteiger partial charge in [-0.15, -0.1) is 0 Å². The smallest absolute Gasteiger partial charge is 0.256 e. The third-order valence-electron chi connectivity index (χ3n) is 8.27. The van der Waals surface area contributed by atoms with E-state index < -0.39 is 42.3 Å². The van der Waals surface area contributed by atoms with Crippen molar-refractivity contribution in [3.8, 4) is 5.75 Å². The average molecular weight is 502 g/mol. The number of carbonyl (C=O) groups is 1. The maximum atomic E-state index is 13.7. The summed E-state index contributed by atoms with van der Waals surface area (Å²) in [5, 5.41) is 3.04. The number of ether oxygens (including phenoxy) is 6. The average Bonchev–Trinajstić information content (AvgIpc) is 3.43. The molecule has 5 aliphatic rings. The standard InChI is InChI=1S/C28H39NO7/c1-2-3-18-31-20-13-7-6-12-19(20)29-25(30)23-21-22(34-27(33-21)14-8-4-9-15-27)24-26(32-23)36-28(35-24)16-10-5-11-17-28/h6-7,12-13,21-24,26H,2-5,8-11,14-18H2,1H3,(H,29,30). The van der Waals surface area contributed by atoms with E-state index in [9.17, 15) is 4.79 Å². The van der Waals surface area contributed by atoms with Crippen LogP contribution < -0.4 is 10.1 Å². The molecule has 6 rings (SSSR count). The number of benzene rings is 1. The minimum atomic E-state index is -0.872. The third kappa shape index (κ3) is 4.67. The second-order valence-electron chi connectivity index (χ2n) is 10.9. The van der Waals surface area contributed by atoms with E-state index in [1.165, 1.54) is 12.8 Å². The largest absolute Gasteiger partial charge is 0.491 e. The Balaban J connectivity index is 1.24. The summed E-state index contributed by atoms with van der Waals surface area (Å²) in [6, 6.07) is 7.51. The molecule has 5 fully saturated rings. The monoisotopic (exact) mass is 501 g/mol. The molecule has 0 radical (unpaired) electrons. The topological polar surface area (TPSA) is 84.5 Å². The highest BCUT2D eigenvalue weighted by Crippen LogP contribution is 2.51. The fourth-order valence-corrected chi connectivity index (χ4v) is 6.39. The molecule has 3 heterocycles. The number of hydrogen-bond donors (Lipinski definition) is 1. The Morgan fingerprint density at radius 2 is 1.53 bits per heavy atom. The van der Waals surface area contributed by atoms with E-state index in [1.54, 1.807) is 0 Å². The summed E-state index contributed by atoms with van der Waals surface area (Å²) in [4.78, 5) is 13.7. The number of hydrogen-bond acceptors (Lipinski definition) is 7. The quantitative estimate of drug-likeness (QED) is 0.546. The molecule has 2 saturated carbocycles. The van der Waals surface area contributed by atoms with E-state index in [4.69, 9.17) is 28.4 Å². The molecule has 1 aromatic carbocycles. The van der Waals surface area contributed by atoms with E-state index in [1.807, 2.05) is 24.3 Å². The van der Waals surface area contributed by atoms with Crippen molar-refractivity contribution >= 4 is 11.6 Å². The van der Waals surface area contributed by atoms with Gasteiger partial charge in [-0.05, 0) is 44.2 Å². The van der Waals surface area contributed by atoms with Gasteiger partial charge in [0.25, 0.3) is 5.91 Å². The molecule has 5 atom stereocenters. The first-order chi connectivity index (χ1) is 17.6. The highest BCUT2D eigenvalue weighted by Gasteiger charge is 2.65. The summed E-state index contributed by atoms with van der Waals surface area (Å²) in [7, 11) is 0. The molecule has 2 spiro atoms. The molecule has 1 aromatic rings. The number of amides is 1. The van der Waals surface area contributed by atoms with Gasteiger partial charge in [0.15, 0.2) is 24.0 Å². The predicted molar refractivity (Wildman–Crippen MR) is 131 cm³/mol. The summed E-state index contributed by atoms with van der Waals surface area (Å²) in [5.41, 5.74) is 0.625. The molecule has 3 saturated heterocycles. The number of unbranched alkanes of at least 4 members (excludes halogenated alkanes) is 1. The molecule has 8 heteroatoms. The SMILES string of the molecule is CCCCOc1ccccc1NC(=O)C1OC2OC3(CCCCC3)OC2C2OC3(CCCCC3)OC12. The van der Waals surface area contributed by atoms with Gasteiger partial charge >= 0.3 is 0 Å². The van der Waals surface area contributed by atoms with Crippen LogP contribution in [0.1, 0.15) is 84.0 Å². The molecule has 36 heavy (non-hydrogen) atoms. The number of carbonyl (C=O) groups excluding carboxylic acids is 1. The van der Waals surface area contributed by atoms with E-state index in [0.29, 0.717) is 18.0 Å². The van der Waals surface area contributed by atoms with Crippen molar-refractivity contribution in [2.24, 2.45) is 0 Å². The highest BCUT2D eigenvalue weighted by atomic mass is 16.9. The molecular weight excluding hydrogens is 462 g/mol. The summed E-state index contributed by atoms with van der Waals surface area (Å²) in [5.74, 6) is -0.940. The van der Waals surface area contributed by atoms with Gasteiger partial charge in [0, 0.05) is 25.7 Å². The van der Waals surface area contributed by atoms with Crippen molar-refractivity contribution < 1.29 is 33.2 Å². The first-order valence-corrected chi connectivity index (χ1v) is 14.0. The second kappa shape index (κ2) is 10.2. The van der Waals surface area contributed by atoms with E-state index in [2.05, 4.69) is 12.2 Å². The molecule has 0 aromatic heterocycles. The summed E-state index contributed by atoms with van der Waals surface area (Å²) in [6.07, 6.45) is 9.02. The molecule has 8 nitrogen and oxygen atoms in total. The Morgan fingerprint density at radius 1 is 0.889 bits per heavy atom. The van der Waals surface area contributed by atoms with Gasteiger partial charge in [-0.1, -0.05) is 38.3 Å². The van der Waals surface area contributed by atoms with Crippen LogP contribution in [0.4, 0.5) is 5.69 Å². The first kappa shape index (κ1) is 24.6. The van der Waals surface area contributed by atoms with Crippen LogP contribution in [0.25, 0.3) is 0 Å². The molecule has 1 amide bonds. The zero-order valence-corrected chi connectivity index (χ0v) is 21.2. The Morgan fingerprint density at radius 3 is 2.25 bits per heavy atom. The lowest BCUT2D eigenvalue weighted by Crippen LogP contribution is -2.58. The normalized spacial score (nSPS) is 34.3. The van der Waals surface area contributed by atoms with Crippen LogP contribution in [0, 0.1) is 0 Å². The third-order valence-corrected chi connectivity index (χ3v) is 8.27. The van der Waals surface area contributed by atoms with Crippen molar-refractivity contribution in [2.45, 2.75) is 126 Å². The van der Waals surface area contributed by atoms with Crippen molar-refractivity contribution in [2.75, 3.05) is 11.9 Å². The van der Waals surface area contributed by atoms with E-state index in [0.717, 1.165) is 64.2 Å². The number of fused-ring (bicyclic) bond motifs is 3. The fraction of sp³-hybridized carbons (Fsp3) is 0.750. The number of nitrogens with one attached hydrogen (secondary N) is 1. The maximum Gasteiger partial charge on any atom is 0.256 e. The van der Waals surface area contributed by atoms with Gasteiger partial charge in [0.2, 0.25) is 0 Å². The molecule has 2 aliphatic carbocycles. The lowest BCUT2D eigenvalue weighted by atomic mass is 9.94. The zero-order chi connectivity index (χ0) is 24.6. The van der Waals surface area contributed by atoms with Crippen LogP contribution in [0.3, 0.4) is 0 Å². The van der Waals surface area contributed by atoms with Gasteiger partial charge < -0.3 is 33.7 Å². The van der Waals surface area contributed by atoms with Gasteiger partial charge in [0.1, 0.15) is 24.1 Å². The second-order valence-corrected chi connectivity index (χ2v) is 10.9. The van der Waals surface area contributed by atoms with E-state index >= 15 is 0 Å². The van der Waals surface area contributed by atoms with Crippen LogP contribution in [0.15, 0.2) is 24.3 Å². The molecule has 0 bridgehead atoms. The predicted octanol–water partition coefficient (Wildman–Crippen LogP) is 5.05. The number of para-hydroxylation sites is 2. The Kier molecular flexibility index (Phi) is 6.99. The van der Waals surface area contributed by atoms with Gasteiger partial charge in [-0.3, -0.25) is 4.79 Å². The summed E-state index contributed by atoms with van der Waals surface area (Å²) in [6.45, 7) is 2.72. The molecular formula is C28H39NO7. The first-order valence-electron chi connectivity index (χ1n) is 14.0. The van der Waals surface area contributed by atoms with Crippen LogP contribution in [-0.4, -0.2) is 54.8 Å². The van der Waals surface area contributed by atoms with Crippen LogP contribution in [0.5, 0.6) is 5.75 Å². The van der Waals surface area contributed by atoms with Crippen molar-refractivity contribution in [3.63, 3.8) is 0 Å². The summed E-state index contributed by atoms with van der Waals surface area (Å²) >= 11 is 0. The molecule has 3 aliphatic heterocycles. The Bertz CT molecular complexity index is 926. The molecule has 5 unspecified atom stereocenters. The zero-order valence-electron chi connectivity index (χ0n) is 21.2. The summed E-state index contributed by atoms with van der Waals surface area (Å²) < 4.78 is 38.5. The number of anilines is 1. The van der Waals surface area contributed by atoms with Crippen LogP contribution in [0.2, 0.25) is 0 Å². The Hall–Kier alpha value is -1.71. The highest BCUT2D eigenvalue weighted by molar-refractivity contribution is 5.96. The van der Waals surface area contributed by atoms with Crippen molar-refractivity contribution in [1.29, 1.82) is 0 Å². The fourth-order valence-electron chi connectivity index (χ4n) is 6.39. The number of rotatable bonds is 6. The van der Waals surface area contributed by atoms with E-state index in [-0.39, 0.29) is 5.91 Å². The minimum Gasteiger partial charge on any atom is -0.491 e. The van der Waals surface area contributed by atoms with Crippen molar-refractivity contribution in [3.05, 3.63) is 24.3 Å². The maximum absolute atomic E-state index is 13.7. The minimum absolute atomic E-state index is 0.278. The lowest BCUT2D eigenvalue weighted by molar-refractivity contribution is -0.246.